The molecule has 41 heavy (non-hydrogen) atoms. The van der Waals surface area contributed by atoms with Crippen LogP contribution in [-0.4, -0.2) is 60.3 Å². The second-order valence-electron chi connectivity index (χ2n) is 9.32. The summed E-state index contributed by atoms with van der Waals surface area (Å²) < 4.78 is 5.52. The summed E-state index contributed by atoms with van der Waals surface area (Å²) in [6.07, 6.45) is 4.49. The van der Waals surface area contributed by atoms with Crippen LogP contribution in [0.25, 0.3) is 5.57 Å². The van der Waals surface area contributed by atoms with Crippen molar-refractivity contribution in [3.8, 4) is 0 Å². The molecule has 0 spiro atoms. The summed E-state index contributed by atoms with van der Waals surface area (Å²) in [6.45, 7) is 6.77. The molecule has 11 heteroatoms. The standard InChI is InChI=1S/C30H31Cl2N3O6/c1-3-6-18(2)21-15-23(31)27(24(32)16-21)29(38)35-25(30(39)40)10-9-22(36)17-34-28(37)20-8-4-7-19(13-20)14-26-33-11-5-12-41-26/h3-4,6-8,13,15-16,25H,2,5,9-12,14,17H2,1H3,(H,34,37)(H,35,38)(H,39,40)/b6-3-/t25-/m1/s1. The number of carboxylic acid groups (broad SMARTS) is 1. The molecule has 1 aliphatic heterocycles. The topological polar surface area (TPSA) is 134 Å². The van der Waals surface area contributed by atoms with Crippen LogP contribution < -0.4 is 10.6 Å². The molecule has 0 radical (unpaired) electrons. The normalized spacial score (nSPS) is 13.6. The highest BCUT2D eigenvalue weighted by Gasteiger charge is 2.25. The van der Waals surface area contributed by atoms with Gasteiger partial charge < -0.3 is 20.5 Å². The Balaban J connectivity index is 1.54. The van der Waals surface area contributed by atoms with Crippen LogP contribution in [0.3, 0.4) is 0 Å². The Morgan fingerprint density at radius 2 is 1.85 bits per heavy atom. The summed E-state index contributed by atoms with van der Waals surface area (Å²) in [7, 11) is 0. The number of halogens is 2. The predicted octanol–water partition coefficient (Wildman–Crippen LogP) is 4.91. The van der Waals surface area contributed by atoms with Crippen molar-refractivity contribution < 1.29 is 29.0 Å². The van der Waals surface area contributed by atoms with Crippen molar-refractivity contribution in [3.05, 3.63) is 87.4 Å². The number of carbonyl (C=O) groups is 4. The number of benzene rings is 2. The molecule has 0 bridgehead atoms. The Labute approximate surface area is 248 Å². The van der Waals surface area contributed by atoms with Gasteiger partial charge in [-0.1, -0.05) is 54.1 Å². The van der Waals surface area contributed by atoms with Gasteiger partial charge in [0.25, 0.3) is 11.8 Å². The first kappa shape index (κ1) is 31.6. The summed E-state index contributed by atoms with van der Waals surface area (Å²) >= 11 is 12.6. The zero-order chi connectivity index (χ0) is 29.9. The van der Waals surface area contributed by atoms with Crippen molar-refractivity contribution in [2.24, 2.45) is 4.99 Å². The number of nitrogens with zero attached hydrogens (tertiary/aromatic N) is 1. The van der Waals surface area contributed by atoms with Gasteiger partial charge in [-0.2, -0.15) is 0 Å². The minimum absolute atomic E-state index is 0.0295. The Morgan fingerprint density at radius 3 is 2.49 bits per heavy atom. The maximum Gasteiger partial charge on any atom is 0.326 e. The van der Waals surface area contributed by atoms with E-state index in [2.05, 4.69) is 22.2 Å². The molecule has 0 fully saturated rings. The van der Waals surface area contributed by atoms with Crippen LogP contribution >= 0.6 is 23.2 Å². The molecule has 3 N–H and O–H groups in total. The monoisotopic (exact) mass is 599 g/mol. The van der Waals surface area contributed by atoms with Crippen molar-refractivity contribution in [1.29, 1.82) is 0 Å². The van der Waals surface area contributed by atoms with E-state index in [1.807, 2.05) is 13.0 Å². The molecule has 0 unspecified atom stereocenters. The Kier molecular flexibility index (Phi) is 11.7. The number of hydrogen-bond donors (Lipinski definition) is 3. The number of carboxylic acids is 1. The molecule has 3 rings (SSSR count). The third kappa shape index (κ3) is 9.30. The lowest BCUT2D eigenvalue weighted by atomic mass is 10.0. The molecule has 0 aromatic heterocycles. The number of amides is 2. The van der Waals surface area contributed by atoms with Gasteiger partial charge in [-0.05, 0) is 54.3 Å². The second-order valence-corrected chi connectivity index (χ2v) is 10.1. The highest BCUT2D eigenvalue weighted by atomic mass is 35.5. The van der Waals surface area contributed by atoms with E-state index in [-0.39, 0.29) is 35.0 Å². The van der Waals surface area contributed by atoms with Crippen molar-refractivity contribution in [1.82, 2.24) is 10.6 Å². The molecule has 0 saturated heterocycles. The predicted molar refractivity (Wildman–Crippen MR) is 159 cm³/mol. The first-order chi connectivity index (χ1) is 19.6. The number of rotatable bonds is 13. The van der Waals surface area contributed by atoms with Crippen molar-refractivity contribution in [2.75, 3.05) is 19.7 Å². The smallest absolute Gasteiger partial charge is 0.326 e. The minimum Gasteiger partial charge on any atom is -0.481 e. The third-order valence-corrected chi connectivity index (χ3v) is 6.77. The summed E-state index contributed by atoms with van der Waals surface area (Å²) in [5, 5.41) is 14.6. The Hall–Kier alpha value is -3.95. The van der Waals surface area contributed by atoms with Gasteiger partial charge in [0.1, 0.15) is 6.04 Å². The maximum absolute atomic E-state index is 12.8. The van der Waals surface area contributed by atoms with E-state index in [4.69, 9.17) is 27.9 Å². The number of ether oxygens (including phenoxy) is 1. The van der Waals surface area contributed by atoms with Gasteiger partial charge in [0.05, 0.1) is 28.8 Å². The number of nitrogens with one attached hydrogen (secondary N) is 2. The first-order valence-corrected chi connectivity index (χ1v) is 13.7. The zero-order valence-corrected chi connectivity index (χ0v) is 24.1. The van der Waals surface area contributed by atoms with E-state index in [1.165, 1.54) is 12.1 Å². The number of ketones is 1. The fraction of sp³-hybridized carbons (Fsp3) is 0.300. The van der Waals surface area contributed by atoms with E-state index in [9.17, 15) is 24.3 Å². The average molecular weight is 600 g/mol. The lowest BCUT2D eigenvalue weighted by Crippen LogP contribution is -2.41. The second kappa shape index (κ2) is 15.2. The number of Topliss-reactive ketones (excluding diaryl/α,β-unsaturated/α-hetero) is 1. The van der Waals surface area contributed by atoms with Crippen LogP contribution in [-0.2, 0) is 20.7 Å². The van der Waals surface area contributed by atoms with Gasteiger partial charge in [-0.25, -0.2) is 4.79 Å². The molecule has 0 aliphatic carbocycles. The molecule has 1 heterocycles. The quantitative estimate of drug-likeness (QED) is 0.280. The Bertz CT molecular complexity index is 1380. The van der Waals surface area contributed by atoms with Crippen molar-refractivity contribution in [3.63, 3.8) is 0 Å². The van der Waals surface area contributed by atoms with Crippen LogP contribution in [0.2, 0.25) is 10.0 Å². The zero-order valence-electron chi connectivity index (χ0n) is 22.5. The summed E-state index contributed by atoms with van der Waals surface area (Å²) in [5.74, 6) is -2.34. The fourth-order valence-corrected chi connectivity index (χ4v) is 4.70. The SMILES string of the molecule is C=C(/C=C\C)c1cc(Cl)c(C(=O)N[C@H](CCC(=O)CNC(=O)c2cccc(CC3=NCCCO3)c2)C(=O)O)c(Cl)c1. The number of allylic oxidation sites excluding steroid dienone is 3. The van der Waals surface area contributed by atoms with Crippen LogP contribution in [0.4, 0.5) is 0 Å². The van der Waals surface area contributed by atoms with Gasteiger partial charge in [0.2, 0.25) is 0 Å². The summed E-state index contributed by atoms with van der Waals surface area (Å²) in [6, 6.07) is 8.57. The Morgan fingerprint density at radius 1 is 1.12 bits per heavy atom. The molecule has 1 aliphatic rings. The molecule has 0 saturated carbocycles. The minimum atomic E-state index is -1.38. The highest BCUT2D eigenvalue weighted by molar-refractivity contribution is 6.40. The third-order valence-electron chi connectivity index (χ3n) is 6.17. The van der Waals surface area contributed by atoms with Crippen molar-refractivity contribution >= 4 is 58.2 Å². The molecule has 2 aromatic rings. The average Bonchev–Trinajstić information content (AvgIpc) is 2.94. The van der Waals surface area contributed by atoms with Gasteiger partial charge in [-0.3, -0.25) is 19.4 Å². The number of hydrogen-bond acceptors (Lipinski definition) is 6. The van der Waals surface area contributed by atoms with Gasteiger partial charge in [0, 0.05) is 31.4 Å². The fourth-order valence-electron chi connectivity index (χ4n) is 4.04. The largest absolute Gasteiger partial charge is 0.481 e. The first-order valence-electron chi connectivity index (χ1n) is 13.0. The summed E-state index contributed by atoms with van der Waals surface area (Å²) in [4.78, 5) is 54.0. The highest BCUT2D eigenvalue weighted by Crippen LogP contribution is 2.30. The molecular weight excluding hydrogens is 569 g/mol. The number of carbonyl (C=O) groups excluding carboxylic acids is 3. The lowest BCUT2D eigenvalue weighted by molar-refractivity contribution is -0.139. The maximum atomic E-state index is 12.8. The molecule has 9 nitrogen and oxygen atoms in total. The van der Waals surface area contributed by atoms with E-state index in [0.717, 1.165) is 12.0 Å². The van der Waals surface area contributed by atoms with Gasteiger partial charge in [0.15, 0.2) is 11.7 Å². The van der Waals surface area contributed by atoms with E-state index in [0.29, 0.717) is 42.2 Å². The van der Waals surface area contributed by atoms with Gasteiger partial charge in [-0.15, -0.1) is 0 Å². The lowest BCUT2D eigenvalue weighted by Gasteiger charge is -2.16. The van der Waals surface area contributed by atoms with E-state index in [1.54, 1.807) is 30.4 Å². The number of aliphatic imine (C=N–C) groups is 1. The molecule has 2 aromatic carbocycles. The molecule has 216 valence electrons. The van der Waals surface area contributed by atoms with Crippen LogP contribution in [0.15, 0.2) is 60.1 Å². The summed E-state index contributed by atoms with van der Waals surface area (Å²) in [5.41, 5.74) is 2.38. The molecular formula is C30H31Cl2N3O6. The van der Waals surface area contributed by atoms with Gasteiger partial charge >= 0.3 is 5.97 Å². The van der Waals surface area contributed by atoms with Crippen LogP contribution in [0.1, 0.15) is 58.0 Å². The molecule has 1 atom stereocenters. The van der Waals surface area contributed by atoms with Crippen LogP contribution in [0, 0.1) is 0 Å². The van der Waals surface area contributed by atoms with E-state index >= 15 is 0 Å². The number of aliphatic carboxylic acids is 1. The van der Waals surface area contributed by atoms with E-state index < -0.39 is 29.6 Å². The van der Waals surface area contributed by atoms with Crippen molar-refractivity contribution in [2.45, 2.75) is 38.6 Å². The van der Waals surface area contributed by atoms with Crippen LogP contribution in [0.5, 0.6) is 0 Å². The molecule has 2 amide bonds.